The number of nitro groups is 2. The molecule has 2 unspecified atom stereocenters. The van der Waals surface area contributed by atoms with Crippen LogP contribution in [0, 0.1) is 25.6 Å². The van der Waals surface area contributed by atoms with Crippen LogP contribution in [0.1, 0.15) is 32.2 Å². The molecule has 2 atom stereocenters. The minimum Gasteiger partial charge on any atom is -0.293 e. The van der Waals surface area contributed by atoms with E-state index in [4.69, 9.17) is 0 Å². The molecule has 0 aliphatic heterocycles. The second-order valence-electron chi connectivity index (χ2n) is 6.13. The predicted molar refractivity (Wildman–Crippen MR) is 84.2 cm³/mol. The van der Waals surface area contributed by atoms with Crippen molar-refractivity contribution in [3.63, 3.8) is 0 Å². The molecular formula is C17H10N2O6. The van der Waals surface area contributed by atoms with Crippen LogP contribution < -0.4 is 0 Å². The molecule has 0 aromatic heterocycles. The van der Waals surface area contributed by atoms with Crippen molar-refractivity contribution in [2.45, 2.75) is 12.0 Å². The number of nitro benzene ring substituents is 1. The normalized spacial score (nSPS) is 22.7. The van der Waals surface area contributed by atoms with Crippen molar-refractivity contribution in [1.82, 2.24) is 0 Å². The summed E-state index contributed by atoms with van der Waals surface area (Å²) in [6.07, 6.45) is 0. The van der Waals surface area contributed by atoms with E-state index in [0.717, 1.165) is 0 Å². The molecule has 124 valence electrons. The summed E-state index contributed by atoms with van der Waals surface area (Å²) in [6.45, 7) is 0. The number of fused-ring (bicyclic) bond motifs is 1. The third kappa shape index (κ3) is 1.76. The van der Waals surface area contributed by atoms with Crippen molar-refractivity contribution in [1.29, 1.82) is 0 Å². The van der Waals surface area contributed by atoms with E-state index in [2.05, 4.69) is 0 Å². The van der Waals surface area contributed by atoms with Crippen LogP contribution in [-0.2, 0) is 0 Å². The Morgan fingerprint density at radius 2 is 1.36 bits per heavy atom. The van der Waals surface area contributed by atoms with Gasteiger partial charge >= 0.3 is 0 Å². The number of rotatable bonds is 3. The molecule has 2 aliphatic rings. The molecule has 1 spiro atoms. The van der Waals surface area contributed by atoms with Gasteiger partial charge in [-0.1, -0.05) is 36.4 Å². The minimum atomic E-state index is -1.73. The Morgan fingerprint density at radius 3 is 1.80 bits per heavy atom. The molecule has 0 N–H and O–H groups in total. The number of benzene rings is 2. The summed E-state index contributed by atoms with van der Waals surface area (Å²) in [7, 11) is 0. The van der Waals surface area contributed by atoms with Gasteiger partial charge in [0.1, 0.15) is 0 Å². The first-order chi connectivity index (χ1) is 11.9. The molecule has 2 aromatic rings. The Bertz CT molecular complexity index is 930. The summed E-state index contributed by atoms with van der Waals surface area (Å²) >= 11 is 0. The summed E-state index contributed by atoms with van der Waals surface area (Å²) in [5.41, 5.74) is -1.12. The third-order valence-electron chi connectivity index (χ3n) is 5.02. The Labute approximate surface area is 140 Å². The second kappa shape index (κ2) is 4.79. The number of carbonyl (C=O) groups is 2. The molecule has 0 radical (unpaired) electrons. The van der Waals surface area contributed by atoms with Crippen molar-refractivity contribution >= 4 is 17.3 Å². The van der Waals surface area contributed by atoms with Gasteiger partial charge in [-0.15, -0.1) is 0 Å². The summed E-state index contributed by atoms with van der Waals surface area (Å²) in [4.78, 5) is 46.8. The van der Waals surface area contributed by atoms with Gasteiger partial charge in [-0.05, 0) is 5.56 Å². The average Bonchev–Trinajstić information content (AvgIpc) is 3.27. The fourth-order valence-corrected chi connectivity index (χ4v) is 3.89. The van der Waals surface area contributed by atoms with Crippen molar-refractivity contribution in [3.8, 4) is 0 Å². The zero-order valence-corrected chi connectivity index (χ0v) is 12.6. The molecule has 2 aromatic carbocycles. The van der Waals surface area contributed by atoms with Gasteiger partial charge in [-0.2, -0.15) is 0 Å². The Balaban J connectivity index is 1.82. The first kappa shape index (κ1) is 15.1. The Kier molecular flexibility index (Phi) is 2.90. The zero-order valence-electron chi connectivity index (χ0n) is 12.6. The van der Waals surface area contributed by atoms with Gasteiger partial charge in [0.15, 0.2) is 17.0 Å². The van der Waals surface area contributed by atoms with E-state index in [-0.39, 0.29) is 16.8 Å². The molecule has 0 amide bonds. The minimum absolute atomic E-state index is 0.163. The van der Waals surface area contributed by atoms with Gasteiger partial charge in [-0.3, -0.25) is 29.8 Å². The van der Waals surface area contributed by atoms with Crippen LogP contribution in [0.5, 0.6) is 0 Å². The van der Waals surface area contributed by atoms with E-state index < -0.39 is 38.8 Å². The zero-order chi connectivity index (χ0) is 17.9. The maximum atomic E-state index is 12.8. The van der Waals surface area contributed by atoms with Crippen LogP contribution in [0.25, 0.3) is 0 Å². The molecule has 8 heteroatoms. The quantitative estimate of drug-likeness (QED) is 0.481. The van der Waals surface area contributed by atoms with E-state index in [1.807, 2.05) is 0 Å². The number of non-ortho nitro benzene ring substituents is 1. The van der Waals surface area contributed by atoms with Crippen molar-refractivity contribution in [2.75, 3.05) is 0 Å². The number of ketones is 2. The number of hydrogen-bond donors (Lipinski definition) is 0. The molecular weight excluding hydrogens is 328 g/mol. The SMILES string of the molecule is O=C1c2ccccc2C(=O)C12C(c1ccc([N+](=O)[O-])cc1)C2[N+](=O)[O-]. The van der Waals surface area contributed by atoms with Crippen molar-refractivity contribution in [2.24, 2.45) is 5.41 Å². The molecule has 2 aliphatic carbocycles. The molecule has 0 heterocycles. The lowest BCUT2D eigenvalue weighted by atomic mass is 9.93. The molecule has 0 bridgehead atoms. The van der Waals surface area contributed by atoms with E-state index >= 15 is 0 Å². The fraction of sp³-hybridized carbons (Fsp3) is 0.176. The first-order valence-electron chi connectivity index (χ1n) is 7.47. The van der Waals surface area contributed by atoms with E-state index in [1.165, 1.54) is 36.4 Å². The molecule has 1 saturated carbocycles. The smallest absolute Gasteiger partial charge is 0.269 e. The fourth-order valence-electron chi connectivity index (χ4n) is 3.89. The monoisotopic (exact) mass is 338 g/mol. The Hall–Kier alpha value is -3.42. The van der Waals surface area contributed by atoms with Crippen LogP contribution in [-0.4, -0.2) is 27.5 Å². The van der Waals surface area contributed by atoms with Gasteiger partial charge in [0.2, 0.25) is 6.04 Å². The van der Waals surface area contributed by atoms with E-state index in [1.54, 1.807) is 12.1 Å². The van der Waals surface area contributed by atoms with Gasteiger partial charge in [0.05, 0.1) is 10.8 Å². The van der Waals surface area contributed by atoms with Crippen molar-refractivity contribution < 1.29 is 19.4 Å². The van der Waals surface area contributed by atoms with Crippen molar-refractivity contribution in [3.05, 3.63) is 85.4 Å². The van der Waals surface area contributed by atoms with Crippen LogP contribution >= 0.6 is 0 Å². The lowest BCUT2D eigenvalue weighted by molar-refractivity contribution is -0.500. The van der Waals surface area contributed by atoms with Crippen LogP contribution in [0.15, 0.2) is 48.5 Å². The van der Waals surface area contributed by atoms with E-state index in [9.17, 15) is 29.8 Å². The molecule has 25 heavy (non-hydrogen) atoms. The van der Waals surface area contributed by atoms with Gasteiger partial charge in [-0.25, -0.2) is 0 Å². The number of hydrogen-bond acceptors (Lipinski definition) is 6. The third-order valence-corrected chi connectivity index (χ3v) is 5.02. The standard InChI is InChI=1S/C17H10N2O6/c20-15-11-3-1-2-4-12(11)16(21)17(15)13(14(17)19(24)25)9-5-7-10(8-6-9)18(22)23/h1-8,13-14H. The first-order valence-corrected chi connectivity index (χ1v) is 7.47. The largest absolute Gasteiger partial charge is 0.293 e. The topological polar surface area (TPSA) is 120 Å². The maximum Gasteiger partial charge on any atom is 0.269 e. The predicted octanol–water partition coefficient (Wildman–Crippen LogP) is 2.40. The summed E-state index contributed by atoms with van der Waals surface area (Å²) < 4.78 is 0. The highest BCUT2D eigenvalue weighted by Gasteiger charge is 2.84. The van der Waals surface area contributed by atoms with E-state index in [0.29, 0.717) is 5.56 Å². The average molecular weight is 338 g/mol. The lowest BCUT2D eigenvalue weighted by Crippen LogP contribution is -2.25. The number of nitrogens with zero attached hydrogens (tertiary/aromatic N) is 2. The van der Waals surface area contributed by atoms with Crippen LogP contribution in [0.3, 0.4) is 0 Å². The maximum absolute atomic E-state index is 12.8. The van der Waals surface area contributed by atoms with Crippen LogP contribution in [0.4, 0.5) is 5.69 Å². The summed E-state index contributed by atoms with van der Waals surface area (Å²) in [5, 5.41) is 22.3. The van der Waals surface area contributed by atoms with Gasteiger partial charge in [0.25, 0.3) is 5.69 Å². The molecule has 0 saturated heterocycles. The number of carbonyl (C=O) groups excluding carboxylic acids is 2. The van der Waals surface area contributed by atoms with Crippen LogP contribution in [0.2, 0.25) is 0 Å². The van der Waals surface area contributed by atoms with Gasteiger partial charge < -0.3 is 0 Å². The highest BCUT2D eigenvalue weighted by atomic mass is 16.6. The molecule has 1 fully saturated rings. The summed E-state index contributed by atoms with van der Waals surface area (Å²) in [6, 6.07) is 10.0. The Morgan fingerprint density at radius 1 is 0.840 bits per heavy atom. The highest BCUT2D eigenvalue weighted by Crippen LogP contribution is 2.66. The number of Topliss-reactive ketones (excluding diaryl/α,β-unsaturated/α-hetero) is 2. The summed E-state index contributed by atoms with van der Waals surface area (Å²) in [5.74, 6) is -2.01. The lowest BCUT2D eigenvalue weighted by Gasteiger charge is -2.03. The molecule has 8 nitrogen and oxygen atoms in total. The van der Waals surface area contributed by atoms with Gasteiger partial charge in [0, 0.05) is 28.2 Å². The molecule has 4 rings (SSSR count). The highest BCUT2D eigenvalue weighted by molar-refractivity contribution is 6.33. The second-order valence-corrected chi connectivity index (χ2v) is 6.13.